The number of phenolic OH excluding ortho intramolecular Hbond substituents is 6. The number of carboxylic acid groups (broad SMARTS) is 1. The van der Waals surface area contributed by atoms with Crippen molar-refractivity contribution in [3.63, 3.8) is 0 Å². The number of carboxylic acids is 1. The molecule has 8 amide bonds. The Labute approximate surface area is 609 Å². The zero-order valence-corrected chi connectivity index (χ0v) is 57.8. The summed E-state index contributed by atoms with van der Waals surface area (Å²) >= 11 is 0. The first kappa shape index (κ1) is 82.1. The van der Waals surface area contributed by atoms with Crippen LogP contribution in [0.1, 0.15) is 71.9 Å². The first-order valence-electron chi connectivity index (χ1n) is 33.8. The lowest BCUT2D eigenvalue weighted by Crippen LogP contribution is -2.61. The van der Waals surface area contributed by atoms with Gasteiger partial charge in [0.2, 0.25) is 47.3 Å². The van der Waals surface area contributed by atoms with Crippen molar-refractivity contribution in [2.45, 2.75) is 131 Å². The molecule has 6 aromatic carbocycles. The Bertz CT molecular complexity index is 3970. The molecule has 0 radical (unpaired) electrons. The van der Waals surface area contributed by atoms with Crippen LogP contribution in [-0.2, 0) is 81.7 Å². The van der Waals surface area contributed by atoms with Gasteiger partial charge in [-0.1, -0.05) is 72.8 Å². The van der Waals surface area contributed by atoms with Crippen LogP contribution in [0.3, 0.4) is 0 Å². The highest BCUT2D eigenvalue weighted by Crippen LogP contribution is 2.20. The summed E-state index contributed by atoms with van der Waals surface area (Å²) < 4.78 is 0. The number of guanidine groups is 3. The maximum absolute atomic E-state index is 15.2. The number of phenols is 6. The Morgan fingerprint density at radius 1 is 0.283 bits per heavy atom. The number of amides is 8. The van der Waals surface area contributed by atoms with Gasteiger partial charge in [0.15, 0.2) is 17.9 Å². The number of aromatic hydroxyl groups is 6. The van der Waals surface area contributed by atoms with E-state index < -0.39 is 125 Å². The van der Waals surface area contributed by atoms with Crippen molar-refractivity contribution in [2.75, 3.05) is 19.6 Å². The van der Waals surface area contributed by atoms with Gasteiger partial charge < -0.3 is 117 Å². The van der Waals surface area contributed by atoms with Gasteiger partial charge in [-0.15, -0.1) is 0 Å². The maximum Gasteiger partial charge on any atom is 0.326 e. The topological polar surface area (TPSA) is 603 Å². The van der Waals surface area contributed by atoms with Crippen molar-refractivity contribution in [3.8, 4) is 34.5 Å². The highest BCUT2D eigenvalue weighted by atomic mass is 16.4. The number of nitrogens with one attached hydrogen (secondary N) is 14. The number of hydrogen-bond donors (Lipinski definition) is 25. The van der Waals surface area contributed by atoms with E-state index in [1.807, 2.05) is 0 Å². The summed E-state index contributed by atoms with van der Waals surface area (Å²) in [7, 11) is 0. The molecule has 0 aliphatic heterocycles. The zero-order valence-electron chi connectivity index (χ0n) is 57.8. The quantitative estimate of drug-likeness (QED) is 0.0121. The van der Waals surface area contributed by atoms with Crippen molar-refractivity contribution in [1.82, 2.24) is 58.5 Å². The van der Waals surface area contributed by atoms with Gasteiger partial charge in [-0.05, 0) is 151 Å². The van der Waals surface area contributed by atoms with E-state index in [2.05, 4.69) is 58.5 Å². The molecule has 0 aliphatic carbocycles. The number of benzene rings is 6. The molecule has 0 saturated heterocycles. The number of carbonyl (C=O) groups excluding carboxylic acids is 8. The van der Waals surface area contributed by atoms with E-state index in [0.29, 0.717) is 33.4 Å². The van der Waals surface area contributed by atoms with Gasteiger partial charge in [-0.2, -0.15) is 0 Å². The molecule has 0 unspecified atom stereocenters. The summed E-state index contributed by atoms with van der Waals surface area (Å²) in [6, 6.07) is 20.0. The van der Waals surface area contributed by atoms with E-state index in [4.69, 9.17) is 39.2 Å². The van der Waals surface area contributed by atoms with E-state index in [9.17, 15) is 64.5 Å². The predicted molar refractivity (Wildman–Crippen MR) is 389 cm³/mol. The lowest BCUT2D eigenvalue weighted by molar-refractivity contribution is -0.142. The molecular formula is C72H92N18O16. The Morgan fingerprint density at radius 3 is 0.679 bits per heavy atom. The van der Waals surface area contributed by atoms with Crippen LogP contribution in [0.25, 0.3) is 0 Å². The van der Waals surface area contributed by atoms with E-state index in [-0.39, 0.29) is 131 Å². The molecule has 0 heterocycles. The molecule has 6 rings (SSSR count). The number of carbonyl (C=O) groups is 9. The molecule has 34 nitrogen and oxygen atoms in total. The van der Waals surface area contributed by atoms with Crippen LogP contribution in [0.4, 0.5) is 0 Å². The summed E-state index contributed by atoms with van der Waals surface area (Å²) in [5.74, 6) is -11.0. The Hall–Kier alpha value is -12.9. The van der Waals surface area contributed by atoms with Crippen LogP contribution in [0.5, 0.6) is 34.5 Å². The molecule has 0 fully saturated rings. The second kappa shape index (κ2) is 41.3. The monoisotopic (exact) mass is 1460 g/mol. The molecule has 9 atom stereocenters. The fourth-order valence-electron chi connectivity index (χ4n) is 10.9. The van der Waals surface area contributed by atoms with Crippen molar-refractivity contribution in [1.29, 1.82) is 16.2 Å². The van der Waals surface area contributed by atoms with Gasteiger partial charge in [0, 0.05) is 51.7 Å². The van der Waals surface area contributed by atoms with E-state index in [1.54, 1.807) is 12.1 Å². The molecule has 106 heavy (non-hydrogen) atoms. The van der Waals surface area contributed by atoms with E-state index >= 15 is 14.4 Å². The number of nitrogens with two attached hydrogens (primary N) is 4. The number of aliphatic carboxylic acids is 1. The fourth-order valence-corrected chi connectivity index (χ4v) is 10.9. The SMILES string of the molecule is N=C(N)NCCC[C@H](NC(=O)[C@H](Cc1ccc(O)cc1)NC(=O)[C@H](Cc1ccc(O)cc1)NC(=O)[C@H](CCCNC(=N)N)NC(=O)[C@H](CCCNC(=N)N)NC(=O)[C@H](Cc1ccc(O)cc1)NC(=O)[C@@H](N)Cc1ccc(O)cc1)C(=O)N[C@@H](Cc1ccc(O)cc1)C(=O)N[C@@H](Cc1ccc(O)cc1)C(=O)O. The Morgan fingerprint density at radius 2 is 0.462 bits per heavy atom. The van der Waals surface area contributed by atoms with Gasteiger partial charge in [0.25, 0.3) is 0 Å². The maximum atomic E-state index is 15.2. The minimum Gasteiger partial charge on any atom is -0.508 e. The van der Waals surface area contributed by atoms with Crippen LogP contribution in [-0.4, -0.2) is 181 Å². The molecule has 566 valence electrons. The van der Waals surface area contributed by atoms with Crippen LogP contribution < -0.4 is 81.4 Å². The molecule has 0 spiro atoms. The lowest BCUT2D eigenvalue weighted by atomic mass is 10.00. The average Bonchev–Trinajstić information content (AvgIpc) is 0.870. The molecule has 0 aliphatic rings. The zero-order chi connectivity index (χ0) is 77.4. The van der Waals surface area contributed by atoms with Crippen molar-refractivity contribution in [3.05, 3.63) is 179 Å². The summed E-state index contributed by atoms with van der Waals surface area (Å²) in [5.41, 5.74) is 25.6. The summed E-state index contributed by atoms with van der Waals surface area (Å²) in [5, 5.41) is 123. The minimum absolute atomic E-state index is 0.0127. The van der Waals surface area contributed by atoms with Gasteiger partial charge in [-0.25, -0.2) is 4.79 Å². The van der Waals surface area contributed by atoms with Crippen LogP contribution >= 0.6 is 0 Å². The lowest BCUT2D eigenvalue weighted by Gasteiger charge is -2.28. The molecule has 0 bridgehead atoms. The first-order chi connectivity index (χ1) is 50.5. The third-order valence-corrected chi connectivity index (χ3v) is 16.6. The highest BCUT2D eigenvalue weighted by molar-refractivity contribution is 5.98. The second-order valence-electron chi connectivity index (χ2n) is 25.1. The summed E-state index contributed by atoms with van der Waals surface area (Å²) in [4.78, 5) is 131. The number of rotatable bonds is 41. The third kappa shape index (κ3) is 28.9. The van der Waals surface area contributed by atoms with Crippen molar-refractivity contribution < 1.29 is 78.9 Å². The molecule has 6 aromatic rings. The highest BCUT2D eigenvalue weighted by Gasteiger charge is 2.36. The smallest absolute Gasteiger partial charge is 0.326 e. The van der Waals surface area contributed by atoms with Crippen molar-refractivity contribution in [2.24, 2.45) is 22.9 Å². The molecule has 0 saturated carbocycles. The normalized spacial score (nSPS) is 13.4. The van der Waals surface area contributed by atoms with Gasteiger partial charge in [-0.3, -0.25) is 54.6 Å². The fraction of sp³-hybridized carbons (Fsp3) is 0.333. The van der Waals surface area contributed by atoms with Crippen molar-refractivity contribution >= 4 is 71.1 Å². The average molecular weight is 1470 g/mol. The molecular weight excluding hydrogens is 1370 g/mol. The Balaban J connectivity index is 1.33. The standard InChI is InChI=1S/C72H92N18O16/c73-52(34-40-7-19-46(91)20-8-40)61(97)86-56(35-41-9-21-47(92)22-10-41)65(101)84-53(4-1-31-80-70(74)75)62(98)83-54(5-2-32-81-71(76)77)63(99)87-58(37-43-13-25-49(94)26-14-43)67(103)89-57(36-42-11-23-48(93)24-12-42)66(102)85-55(6-3-33-82-72(78)79)64(100)88-59(38-44-15-27-50(95)28-16-44)68(104)90-60(69(105)106)39-45-17-29-51(96)30-18-45/h7-30,52-60,91-96H,1-6,31-39,73H2,(H,83,98)(H,84,101)(H,85,102)(H,86,97)(H,87,99)(H,88,100)(H,89,103)(H,90,104)(H,105,106)(H4,74,75,80)(H4,76,77,81)(H4,78,79,82)/t52-,53-,54-,55-,56-,57-,58-,59-,60-/m0/s1. The molecule has 34 heteroatoms. The van der Waals surface area contributed by atoms with Crippen LogP contribution in [0.15, 0.2) is 146 Å². The first-order valence-corrected chi connectivity index (χ1v) is 33.8. The summed E-state index contributed by atoms with van der Waals surface area (Å²) in [6.45, 7) is -0.0120. The van der Waals surface area contributed by atoms with Crippen LogP contribution in [0.2, 0.25) is 0 Å². The largest absolute Gasteiger partial charge is 0.508 e. The van der Waals surface area contributed by atoms with E-state index in [0.717, 1.165) is 0 Å². The van der Waals surface area contributed by atoms with Gasteiger partial charge >= 0.3 is 5.97 Å². The Kier molecular flexibility index (Phi) is 32.0. The van der Waals surface area contributed by atoms with Gasteiger partial charge in [0.1, 0.15) is 82.8 Å². The third-order valence-electron chi connectivity index (χ3n) is 16.6. The second-order valence-corrected chi connectivity index (χ2v) is 25.1. The molecule has 0 aromatic heterocycles. The molecule has 29 N–H and O–H groups in total. The van der Waals surface area contributed by atoms with E-state index in [1.165, 1.54) is 133 Å². The minimum atomic E-state index is -1.67. The van der Waals surface area contributed by atoms with Gasteiger partial charge in [0.05, 0.1) is 6.04 Å². The summed E-state index contributed by atoms with van der Waals surface area (Å²) in [6.07, 6.45) is -1.98. The predicted octanol–water partition coefficient (Wildman–Crippen LogP) is -1.24. The van der Waals surface area contributed by atoms with Crippen LogP contribution in [0, 0.1) is 16.2 Å². The number of hydrogen-bond acceptors (Lipinski definition) is 19.